The highest BCUT2D eigenvalue weighted by atomic mass is 32.2. The van der Waals surface area contributed by atoms with Crippen molar-refractivity contribution < 1.29 is 27.3 Å². The molecule has 26 heavy (non-hydrogen) atoms. The van der Waals surface area contributed by atoms with E-state index in [0.717, 1.165) is 0 Å². The highest BCUT2D eigenvalue weighted by Gasteiger charge is 2.29. The zero-order valence-corrected chi connectivity index (χ0v) is 15.1. The third kappa shape index (κ3) is 3.27. The molecular formula is C16H17N3O6S. The van der Waals surface area contributed by atoms with Crippen LogP contribution in [0.25, 0.3) is 0 Å². The van der Waals surface area contributed by atoms with Crippen molar-refractivity contribution in [2.24, 2.45) is 0 Å². The fraction of sp³-hybridized carbons (Fsp3) is 0.312. The minimum Gasteiger partial charge on any atom is -0.479 e. The second-order valence-electron chi connectivity index (χ2n) is 5.83. The average Bonchev–Trinajstić information content (AvgIpc) is 3.04. The van der Waals surface area contributed by atoms with Crippen molar-refractivity contribution in [3.05, 3.63) is 35.2 Å². The summed E-state index contributed by atoms with van der Waals surface area (Å²) in [5.41, 5.74) is 1.25. The molecule has 1 aromatic carbocycles. The minimum absolute atomic E-state index is 0.136. The Hall–Kier alpha value is -2.88. The van der Waals surface area contributed by atoms with Crippen LogP contribution in [0, 0.1) is 6.92 Å². The predicted molar refractivity (Wildman–Crippen MR) is 90.4 cm³/mol. The number of sulfonamides is 1. The van der Waals surface area contributed by atoms with Gasteiger partial charge in [-0.3, -0.25) is 9.59 Å². The molecule has 1 aliphatic heterocycles. The van der Waals surface area contributed by atoms with Crippen LogP contribution in [-0.4, -0.2) is 31.5 Å². The van der Waals surface area contributed by atoms with E-state index < -0.39 is 22.0 Å². The summed E-state index contributed by atoms with van der Waals surface area (Å²) in [5.74, 6) is -1.23. The van der Waals surface area contributed by atoms with Gasteiger partial charge in [0.2, 0.25) is 5.76 Å². The summed E-state index contributed by atoms with van der Waals surface area (Å²) in [5, 5.41) is 6.29. The van der Waals surface area contributed by atoms with Crippen LogP contribution in [0.5, 0.6) is 5.75 Å². The lowest BCUT2D eigenvalue weighted by Crippen LogP contribution is -2.35. The van der Waals surface area contributed by atoms with Crippen molar-refractivity contribution in [1.29, 1.82) is 0 Å². The maximum atomic E-state index is 12.6. The van der Waals surface area contributed by atoms with Crippen molar-refractivity contribution in [3.63, 3.8) is 0 Å². The Morgan fingerprint density at radius 3 is 2.73 bits per heavy atom. The van der Waals surface area contributed by atoms with E-state index in [2.05, 4.69) is 10.5 Å². The van der Waals surface area contributed by atoms with Gasteiger partial charge in [0.05, 0.1) is 16.3 Å². The molecule has 2 N–H and O–H groups in total. The Morgan fingerprint density at radius 2 is 2.08 bits per heavy atom. The molecule has 1 aliphatic rings. The highest BCUT2D eigenvalue weighted by Crippen LogP contribution is 2.34. The zero-order chi connectivity index (χ0) is 19.1. The summed E-state index contributed by atoms with van der Waals surface area (Å²) in [7, 11) is -4.18. The lowest BCUT2D eigenvalue weighted by atomic mass is 10.1. The molecule has 1 unspecified atom stereocenters. The number of nitrogens with zero attached hydrogens (tertiary/aromatic N) is 1. The number of rotatable bonds is 4. The average molecular weight is 379 g/mol. The van der Waals surface area contributed by atoms with E-state index in [1.807, 2.05) is 11.6 Å². The maximum Gasteiger partial charge on any atom is 0.303 e. The molecule has 0 radical (unpaired) electrons. The first-order valence-electron chi connectivity index (χ1n) is 7.86. The third-order valence-electron chi connectivity index (χ3n) is 3.87. The van der Waals surface area contributed by atoms with Crippen LogP contribution < -0.4 is 14.8 Å². The van der Waals surface area contributed by atoms with Crippen molar-refractivity contribution in [2.45, 2.75) is 38.2 Å². The molecule has 2 heterocycles. The number of anilines is 1. The number of amides is 2. The lowest BCUT2D eigenvalue weighted by molar-refractivity contribution is -0.122. The van der Waals surface area contributed by atoms with Crippen LogP contribution in [0.15, 0.2) is 27.6 Å². The van der Waals surface area contributed by atoms with Gasteiger partial charge in [0.1, 0.15) is 5.75 Å². The maximum absolute atomic E-state index is 12.6. The molecule has 0 fully saturated rings. The van der Waals surface area contributed by atoms with Crippen LogP contribution in [0.4, 0.5) is 5.69 Å². The van der Waals surface area contributed by atoms with E-state index >= 15 is 0 Å². The summed E-state index contributed by atoms with van der Waals surface area (Å²) >= 11 is 0. The Kier molecular flexibility index (Phi) is 4.45. The molecule has 10 heteroatoms. The molecule has 0 saturated heterocycles. The van der Waals surface area contributed by atoms with E-state index in [1.54, 1.807) is 13.8 Å². The molecule has 9 nitrogen and oxygen atoms in total. The van der Waals surface area contributed by atoms with Crippen molar-refractivity contribution >= 4 is 27.5 Å². The van der Waals surface area contributed by atoms with Crippen LogP contribution >= 0.6 is 0 Å². The van der Waals surface area contributed by atoms with Crippen molar-refractivity contribution in [3.8, 4) is 5.75 Å². The summed E-state index contributed by atoms with van der Waals surface area (Å²) in [4.78, 5) is 23.7. The minimum atomic E-state index is -4.18. The Labute approximate surface area is 149 Å². The smallest absolute Gasteiger partial charge is 0.303 e. The molecule has 0 saturated carbocycles. The summed E-state index contributed by atoms with van der Waals surface area (Å²) in [6, 6.07) is 4.13. The number of fused-ring (bicyclic) bond motifs is 1. The van der Waals surface area contributed by atoms with Gasteiger partial charge in [0, 0.05) is 12.1 Å². The van der Waals surface area contributed by atoms with Crippen LogP contribution in [0.1, 0.15) is 35.7 Å². The zero-order valence-electron chi connectivity index (χ0n) is 14.3. The van der Waals surface area contributed by atoms with E-state index in [-0.39, 0.29) is 22.3 Å². The molecule has 2 aromatic rings. The van der Waals surface area contributed by atoms with Gasteiger partial charge in [-0.1, -0.05) is 12.1 Å². The van der Waals surface area contributed by atoms with Gasteiger partial charge in [0.25, 0.3) is 15.9 Å². The molecule has 0 aliphatic carbocycles. The van der Waals surface area contributed by atoms with Gasteiger partial charge in [-0.25, -0.2) is 13.1 Å². The molecule has 2 amide bonds. The number of ether oxygens (including phenoxy) is 1. The number of benzene rings is 1. The highest BCUT2D eigenvalue weighted by molar-refractivity contribution is 7.90. The van der Waals surface area contributed by atoms with Crippen molar-refractivity contribution in [1.82, 2.24) is 9.88 Å². The lowest BCUT2D eigenvalue weighted by Gasteiger charge is -2.24. The quantitative estimate of drug-likeness (QED) is 0.821. The number of aryl methyl sites for hydroxylation is 2. The molecule has 3 rings (SSSR count). The topological polar surface area (TPSA) is 128 Å². The first kappa shape index (κ1) is 17.9. The molecule has 0 bridgehead atoms. The molecule has 138 valence electrons. The summed E-state index contributed by atoms with van der Waals surface area (Å²) in [6.45, 7) is 4.92. The van der Waals surface area contributed by atoms with Gasteiger partial charge in [0.15, 0.2) is 6.10 Å². The monoisotopic (exact) mass is 379 g/mol. The summed E-state index contributed by atoms with van der Waals surface area (Å²) in [6.07, 6.45) is -0.202. The van der Waals surface area contributed by atoms with Crippen molar-refractivity contribution in [2.75, 3.05) is 5.32 Å². The van der Waals surface area contributed by atoms with Crippen LogP contribution in [-0.2, 0) is 21.2 Å². The second kappa shape index (κ2) is 6.45. The molecule has 1 atom stereocenters. The molecule has 0 spiro atoms. The second-order valence-corrected chi connectivity index (χ2v) is 7.48. The standard InChI is InChI=1S/C16H17N3O6S/c1-4-10-6-13(25-18-10)16(21)19-26(22,23)14-7-12-11(5-8(14)2)17-15(20)9(3)24-12/h5-7,9H,4H2,1-3H3,(H,17,20)(H,19,21). The van der Waals surface area contributed by atoms with Gasteiger partial charge in [-0.2, -0.15) is 0 Å². The number of hydrogen-bond acceptors (Lipinski definition) is 7. The van der Waals surface area contributed by atoms with Gasteiger partial charge >= 0.3 is 5.91 Å². The van der Waals surface area contributed by atoms with E-state index in [0.29, 0.717) is 23.4 Å². The molecular weight excluding hydrogens is 362 g/mol. The number of aromatic nitrogens is 1. The van der Waals surface area contributed by atoms with Gasteiger partial charge < -0.3 is 14.6 Å². The van der Waals surface area contributed by atoms with Crippen LogP contribution in [0.2, 0.25) is 0 Å². The van der Waals surface area contributed by atoms with E-state index in [4.69, 9.17) is 9.26 Å². The largest absolute Gasteiger partial charge is 0.479 e. The SMILES string of the molecule is CCc1cc(C(=O)NS(=O)(=O)c2cc3c(cc2C)NC(=O)C(C)O3)on1. The number of carbonyl (C=O) groups is 2. The number of hydrogen-bond donors (Lipinski definition) is 2. The first-order valence-corrected chi connectivity index (χ1v) is 9.34. The predicted octanol–water partition coefficient (Wildman–Crippen LogP) is 1.38. The third-order valence-corrected chi connectivity index (χ3v) is 5.34. The Balaban J connectivity index is 1.91. The normalized spacial score (nSPS) is 16.4. The Morgan fingerprint density at radius 1 is 1.35 bits per heavy atom. The first-order chi connectivity index (χ1) is 12.2. The van der Waals surface area contributed by atoms with E-state index in [9.17, 15) is 18.0 Å². The molecule has 1 aromatic heterocycles. The number of nitrogens with one attached hydrogen (secondary N) is 2. The summed E-state index contributed by atoms with van der Waals surface area (Å²) < 4.78 is 37.4. The number of carbonyl (C=O) groups excluding carboxylic acids is 2. The van der Waals surface area contributed by atoms with Gasteiger partial charge in [-0.05, 0) is 31.9 Å². The fourth-order valence-corrected chi connectivity index (χ4v) is 3.64. The Bertz CT molecular complexity index is 995. The van der Waals surface area contributed by atoms with E-state index in [1.165, 1.54) is 18.2 Å². The van der Waals surface area contributed by atoms with Gasteiger partial charge in [-0.15, -0.1) is 0 Å². The fourth-order valence-electron chi connectivity index (χ4n) is 2.45. The van der Waals surface area contributed by atoms with Crippen LogP contribution in [0.3, 0.4) is 0 Å².